The minimum absolute atomic E-state index is 0.157. The van der Waals surface area contributed by atoms with Gasteiger partial charge in [-0.1, -0.05) is 38.3 Å². The molecule has 0 heterocycles. The van der Waals surface area contributed by atoms with E-state index in [1.165, 1.54) is 31.7 Å². The highest BCUT2D eigenvalue weighted by Crippen LogP contribution is 2.32. The van der Waals surface area contributed by atoms with Crippen molar-refractivity contribution in [1.29, 1.82) is 0 Å². The Hall–Kier alpha value is -0.410. The van der Waals surface area contributed by atoms with E-state index in [0.29, 0.717) is 10.5 Å². The average Bonchev–Trinajstić information content (AvgIpc) is 2.35. The van der Waals surface area contributed by atoms with Gasteiger partial charge in [0.1, 0.15) is 5.82 Å². The van der Waals surface area contributed by atoms with Crippen LogP contribution in [0.3, 0.4) is 0 Å². The van der Waals surface area contributed by atoms with Crippen LogP contribution in [0.4, 0.5) is 4.39 Å². The molecule has 1 nitrogen and oxygen atoms in total. The smallest absolute Gasteiger partial charge is 0.137 e. The molecule has 0 aliphatic heterocycles. The van der Waals surface area contributed by atoms with Crippen LogP contribution < -0.4 is 5.32 Å². The first-order chi connectivity index (χ1) is 9.20. The third kappa shape index (κ3) is 4.28. The molecule has 0 amide bonds. The SMILES string of the molecule is CCCNC(Cc1cccc(F)c1Br)CC1CCC1. The van der Waals surface area contributed by atoms with Gasteiger partial charge in [-0.05, 0) is 59.3 Å². The highest BCUT2D eigenvalue weighted by Gasteiger charge is 2.22. The molecular weight excluding hydrogens is 305 g/mol. The molecule has 1 aliphatic carbocycles. The van der Waals surface area contributed by atoms with Crippen LogP contribution in [0, 0.1) is 11.7 Å². The molecule has 0 radical (unpaired) electrons. The Kier molecular flexibility index (Phi) is 5.83. The third-order valence-electron chi connectivity index (χ3n) is 4.02. The monoisotopic (exact) mass is 327 g/mol. The molecule has 0 bridgehead atoms. The van der Waals surface area contributed by atoms with Gasteiger partial charge in [-0.3, -0.25) is 0 Å². The summed E-state index contributed by atoms with van der Waals surface area (Å²) in [6.07, 6.45) is 7.40. The highest BCUT2D eigenvalue weighted by atomic mass is 79.9. The quantitative estimate of drug-likeness (QED) is 0.766. The first-order valence-electron chi connectivity index (χ1n) is 7.37. The van der Waals surface area contributed by atoms with Crippen molar-refractivity contribution >= 4 is 15.9 Å². The van der Waals surface area contributed by atoms with Gasteiger partial charge in [0.15, 0.2) is 0 Å². The third-order valence-corrected chi connectivity index (χ3v) is 4.91. The van der Waals surface area contributed by atoms with E-state index in [9.17, 15) is 4.39 Å². The number of rotatable bonds is 7. The van der Waals surface area contributed by atoms with Crippen molar-refractivity contribution < 1.29 is 4.39 Å². The topological polar surface area (TPSA) is 12.0 Å². The molecule has 1 aromatic rings. The predicted octanol–water partition coefficient (Wildman–Crippen LogP) is 4.69. The molecule has 2 rings (SSSR count). The standard InChI is InChI=1S/C16H23BrFN/c1-2-9-19-14(10-12-5-3-6-12)11-13-7-4-8-15(18)16(13)17/h4,7-8,12,14,19H,2-3,5-6,9-11H2,1H3. The molecule has 19 heavy (non-hydrogen) atoms. The van der Waals surface area contributed by atoms with Crippen LogP contribution >= 0.6 is 15.9 Å². The van der Waals surface area contributed by atoms with E-state index in [-0.39, 0.29) is 5.82 Å². The van der Waals surface area contributed by atoms with E-state index in [2.05, 4.69) is 28.2 Å². The lowest BCUT2D eigenvalue weighted by Crippen LogP contribution is -2.35. The second-order valence-electron chi connectivity index (χ2n) is 5.60. The van der Waals surface area contributed by atoms with Crippen molar-refractivity contribution in [3.05, 3.63) is 34.1 Å². The van der Waals surface area contributed by atoms with Gasteiger partial charge in [-0.25, -0.2) is 4.39 Å². The van der Waals surface area contributed by atoms with Crippen LogP contribution in [-0.2, 0) is 6.42 Å². The van der Waals surface area contributed by atoms with Crippen molar-refractivity contribution in [2.75, 3.05) is 6.54 Å². The normalized spacial score (nSPS) is 17.2. The van der Waals surface area contributed by atoms with Gasteiger partial charge in [0.25, 0.3) is 0 Å². The van der Waals surface area contributed by atoms with Crippen LogP contribution in [-0.4, -0.2) is 12.6 Å². The van der Waals surface area contributed by atoms with Crippen LogP contribution in [0.2, 0.25) is 0 Å². The Labute approximate surface area is 124 Å². The fraction of sp³-hybridized carbons (Fsp3) is 0.625. The molecular formula is C16H23BrFN. The molecule has 0 spiro atoms. The van der Waals surface area contributed by atoms with Crippen molar-refractivity contribution in [2.24, 2.45) is 5.92 Å². The summed E-state index contributed by atoms with van der Waals surface area (Å²) in [5, 5.41) is 3.62. The van der Waals surface area contributed by atoms with Gasteiger partial charge < -0.3 is 5.32 Å². The summed E-state index contributed by atoms with van der Waals surface area (Å²) < 4.78 is 14.2. The van der Waals surface area contributed by atoms with Gasteiger partial charge in [-0.15, -0.1) is 0 Å². The zero-order chi connectivity index (χ0) is 13.7. The summed E-state index contributed by atoms with van der Waals surface area (Å²) in [6.45, 7) is 3.23. The second kappa shape index (κ2) is 7.39. The largest absolute Gasteiger partial charge is 0.314 e. The van der Waals surface area contributed by atoms with Crippen molar-refractivity contribution in [1.82, 2.24) is 5.32 Å². The van der Waals surface area contributed by atoms with Crippen molar-refractivity contribution in [3.63, 3.8) is 0 Å². The van der Waals surface area contributed by atoms with E-state index >= 15 is 0 Å². The van der Waals surface area contributed by atoms with Crippen LogP contribution in [0.5, 0.6) is 0 Å². The molecule has 1 atom stereocenters. The Bertz CT molecular complexity index is 404. The molecule has 1 saturated carbocycles. The first kappa shape index (κ1) is 15.0. The molecule has 1 aromatic carbocycles. The summed E-state index contributed by atoms with van der Waals surface area (Å²) in [4.78, 5) is 0. The lowest BCUT2D eigenvalue weighted by molar-refractivity contribution is 0.259. The van der Waals surface area contributed by atoms with E-state index < -0.39 is 0 Å². The predicted molar refractivity (Wildman–Crippen MR) is 81.8 cm³/mol. The number of hydrogen-bond donors (Lipinski definition) is 1. The highest BCUT2D eigenvalue weighted by molar-refractivity contribution is 9.10. The number of halogens is 2. The Balaban J connectivity index is 1.98. The summed E-state index contributed by atoms with van der Waals surface area (Å²) in [6, 6.07) is 5.81. The summed E-state index contributed by atoms with van der Waals surface area (Å²) in [5.74, 6) is 0.720. The zero-order valence-corrected chi connectivity index (χ0v) is 13.2. The Morgan fingerprint density at radius 3 is 2.84 bits per heavy atom. The van der Waals surface area contributed by atoms with Gasteiger partial charge >= 0.3 is 0 Å². The molecule has 0 saturated heterocycles. The van der Waals surface area contributed by atoms with Gasteiger partial charge in [0.05, 0.1) is 4.47 Å². The summed E-state index contributed by atoms with van der Waals surface area (Å²) >= 11 is 3.37. The lowest BCUT2D eigenvalue weighted by atomic mass is 9.80. The molecule has 3 heteroatoms. The molecule has 106 valence electrons. The maximum atomic E-state index is 13.6. The number of nitrogens with one attached hydrogen (secondary N) is 1. The van der Waals surface area contributed by atoms with Crippen LogP contribution in [0.1, 0.15) is 44.6 Å². The molecule has 1 unspecified atom stereocenters. The number of benzene rings is 1. The minimum Gasteiger partial charge on any atom is -0.314 e. The summed E-state index contributed by atoms with van der Waals surface area (Å²) in [5.41, 5.74) is 1.08. The first-order valence-corrected chi connectivity index (χ1v) is 8.16. The van der Waals surface area contributed by atoms with Gasteiger partial charge in [0, 0.05) is 6.04 Å². The second-order valence-corrected chi connectivity index (χ2v) is 6.39. The van der Waals surface area contributed by atoms with E-state index in [1.54, 1.807) is 6.07 Å². The molecule has 1 aliphatic rings. The molecule has 1 N–H and O–H groups in total. The van der Waals surface area contributed by atoms with Crippen molar-refractivity contribution in [3.8, 4) is 0 Å². The lowest BCUT2D eigenvalue weighted by Gasteiger charge is -2.30. The van der Waals surface area contributed by atoms with Crippen LogP contribution in [0.25, 0.3) is 0 Å². The number of hydrogen-bond acceptors (Lipinski definition) is 1. The van der Waals surface area contributed by atoms with E-state index in [4.69, 9.17) is 0 Å². The minimum atomic E-state index is -0.157. The fourth-order valence-corrected chi connectivity index (χ4v) is 3.12. The maximum Gasteiger partial charge on any atom is 0.137 e. The molecule has 0 aromatic heterocycles. The molecule has 1 fully saturated rings. The van der Waals surface area contributed by atoms with Gasteiger partial charge in [-0.2, -0.15) is 0 Å². The Morgan fingerprint density at radius 2 is 2.21 bits per heavy atom. The maximum absolute atomic E-state index is 13.6. The fourth-order valence-electron chi connectivity index (χ4n) is 2.69. The van der Waals surface area contributed by atoms with E-state index in [1.807, 2.05) is 6.07 Å². The van der Waals surface area contributed by atoms with Gasteiger partial charge in [0.2, 0.25) is 0 Å². The summed E-state index contributed by atoms with van der Waals surface area (Å²) in [7, 11) is 0. The van der Waals surface area contributed by atoms with Crippen molar-refractivity contribution in [2.45, 2.75) is 51.5 Å². The average molecular weight is 328 g/mol. The van der Waals surface area contributed by atoms with E-state index in [0.717, 1.165) is 30.9 Å². The Morgan fingerprint density at radius 1 is 1.42 bits per heavy atom. The zero-order valence-electron chi connectivity index (χ0n) is 11.6. The van der Waals surface area contributed by atoms with Crippen LogP contribution in [0.15, 0.2) is 22.7 Å².